The Bertz CT molecular complexity index is 1550. The lowest BCUT2D eigenvalue weighted by molar-refractivity contribution is -0.169. The van der Waals surface area contributed by atoms with E-state index in [0.717, 1.165) is 0 Å². The fourth-order valence-electron chi connectivity index (χ4n) is 6.83. The average Bonchev–Trinajstić information content (AvgIpc) is 2.94. The summed E-state index contributed by atoms with van der Waals surface area (Å²) in [5.41, 5.74) is 6.33. The number of fused-ring (bicyclic) bond motifs is 3. The molecule has 244 valence electrons. The van der Waals surface area contributed by atoms with Crippen molar-refractivity contribution in [3.8, 4) is 5.75 Å². The van der Waals surface area contributed by atoms with E-state index in [1.165, 1.54) is 31.1 Å². The number of aromatic hydroxyl groups is 1. The maximum atomic E-state index is 14.1. The molecular weight excluding hydrogens is 590 g/mol. The zero-order valence-corrected chi connectivity index (χ0v) is 25.5. The molecule has 1 aromatic carbocycles. The number of aliphatic hydroxyl groups is 4. The number of amides is 3. The second-order valence-corrected chi connectivity index (χ2v) is 12.5. The smallest absolute Gasteiger partial charge is 0.255 e. The summed E-state index contributed by atoms with van der Waals surface area (Å²) in [6, 6.07) is 0.502. The highest BCUT2D eigenvalue weighted by Crippen LogP contribution is 2.56. The number of phenols is 1. The second kappa shape index (κ2) is 11.9. The summed E-state index contributed by atoms with van der Waals surface area (Å²) in [7, 11) is 2.84. The number of primary amides is 1. The molecule has 0 spiro atoms. The first-order valence-electron chi connectivity index (χ1n) is 14.4. The minimum Gasteiger partial charge on any atom is -0.508 e. The Balaban J connectivity index is 1.76. The van der Waals surface area contributed by atoms with Crippen LogP contribution in [0.2, 0.25) is 0 Å². The summed E-state index contributed by atoms with van der Waals surface area (Å²) < 4.78 is 0. The van der Waals surface area contributed by atoms with Crippen LogP contribution in [0, 0.1) is 17.8 Å². The lowest BCUT2D eigenvalue weighted by Gasteiger charge is -2.53. The van der Waals surface area contributed by atoms with E-state index in [9.17, 15) is 49.5 Å². The van der Waals surface area contributed by atoms with Gasteiger partial charge in [0.15, 0.2) is 11.4 Å². The van der Waals surface area contributed by atoms with Crippen molar-refractivity contribution >= 4 is 40.7 Å². The normalized spacial score (nSPS) is 28.4. The Morgan fingerprint density at radius 3 is 2.29 bits per heavy atom. The van der Waals surface area contributed by atoms with Gasteiger partial charge in [0.05, 0.1) is 41.9 Å². The zero-order valence-electron chi connectivity index (χ0n) is 25.5. The summed E-state index contributed by atoms with van der Waals surface area (Å²) in [5, 5.41) is 61.8. The van der Waals surface area contributed by atoms with Gasteiger partial charge < -0.3 is 47.6 Å². The molecule has 0 aliphatic heterocycles. The number of ketones is 2. The number of hydrogen-bond donors (Lipinski definition) is 9. The molecule has 7 atom stereocenters. The van der Waals surface area contributed by atoms with Gasteiger partial charge in [0.2, 0.25) is 17.6 Å². The predicted octanol–water partition coefficient (Wildman–Crippen LogP) is -1.08. The molecule has 0 saturated heterocycles. The monoisotopic (exact) mass is 629 g/mol. The standard InChI is InChI=1S/C30H39N5O10/c1-10(2)8-13(31)29(44)33-9-15(36)34-14-7-6-12-11(3)16-18(23(38)17(12)22(14)37)26(41)30(45)20(24(16)39)21(35(4)5)25(40)19(27(30)42)28(32)43/h6-7,10-11,13,16,20-21,24,37-39,42,45H,8-9,31H2,1-5H3,(H2,32,43)(H,33,44)(H,34,36)/t11-,13-,16?,20+,21-,24-,30-/m0/s1. The molecule has 3 aliphatic rings. The molecule has 15 nitrogen and oxygen atoms in total. The first kappa shape index (κ1) is 33.6. The van der Waals surface area contributed by atoms with E-state index in [4.69, 9.17) is 11.5 Å². The van der Waals surface area contributed by atoms with E-state index >= 15 is 0 Å². The Morgan fingerprint density at radius 1 is 1.11 bits per heavy atom. The van der Waals surface area contributed by atoms with E-state index in [-0.39, 0.29) is 22.7 Å². The van der Waals surface area contributed by atoms with Gasteiger partial charge >= 0.3 is 0 Å². The van der Waals surface area contributed by atoms with Crippen molar-refractivity contribution in [3.05, 3.63) is 40.2 Å². The number of carbonyl (C=O) groups is 5. The van der Waals surface area contributed by atoms with Crippen LogP contribution in [0.15, 0.2) is 29.0 Å². The maximum absolute atomic E-state index is 14.1. The van der Waals surface area contributed by atoms with Crippen LogP contribution in [0.1, 0.15) is 44.2 Å². The topological polar surface area (TPSA) is 266 Å². The van der Waals surface area contributed by atoms with Crippen molar-refractivity contribution in [2.24, 2.45) is 29.2 Å². The summed E-state index contributed by atoms with van der Waals surface area (Å²) in [4.78, 5) is 65.6. The van der Waals surface area contributed by atoms with Crippen LogP contribution in [0.5, 0.6) is 5.75 Å². The number of Topliss-reactive ketones (excluding diaryl/α,β-unsaturated/α-hetero) is 2. The number of hydrogen-bond acceptors (Lipinski definition) is 12. The number of rotatable bonds is 8. The van der Waals surface area contributed by atoms with Gasteiger partial charge in [-0.15, -0.1) is 0 Å². The van der Waals surface area contributed by atoms with Crippen molar-refractivity contribution in [2.75, 3.05) is 26.0 Å². The number of nitrogens with two attached hydrogens (primary N) is 2. The van der Waals surface area contributed by atoms with Crippen LogP contribution in [0.25, 0.3) is 5.76 Å². The number of likely N-dealkylation sites (N-methyl/N-ethyl adjacent to an activating group) is 1. The van der Waals surface area contributed by atoms with Gasteiger partial charge in [-0.3, -0.25) is 28.9 Å². The van der Waals surface area contributed by atoms with Gasteiger partial charge in [0.1, 0.15) is 22.8 Å². The third-order valence-electron chi connectivity index (χ3n) is 8.89. The van der Waals surface area contributed by atoms with Crippen molar-refractivity contribution in [3.63, 3.8) is 0 Å². The van der Waals surface area contributed by atoms with Crippen molar-refractivity contribution in [1.29, 1.82) is 0 Å². The number of anilines is 1. The van der Waals surface area contributed by atoms with Crippen molar-refractivity contribution in [1.82, 2.24) is 10.2 Å². The molecule has 1 saturated carbocycles. The summed E-state index contributed by atoms with van der Waals surface area (Å²) in [5.74, 6) is -11.4. The molecule has 1 unspecified atom stereocenters. The van der Waals surface area contributed by atoms with Crippen LogP contribution in [0.3, 0.4) is 0 Å². The molecular formula is C30H39N5O10. The van der Waals surface area contributed by atoms with Gasteiger partial charge in [-0.25, -0.2) is 0 Å². The SMILES string of the molecule is CC(C)C[C@H](N)C(=O)NCC(=O)Nc1ccc2c(c1O)C(O)=C1C(=O)[C@]3(O)C(O)=C(C(N)=O)C(=O)[C@@H](N(C)C)[C@@H]3[C@@H](O)C1[C@H]2C. The van der Waals surface area contributed by atoms with E-state index in [1.54, 1.807) is 6.92 Å². The highest BCUT2D eigenvalue weighted by molar-refractivity contribution is 6.24. The molecule has 0 bridgehead atoms. The fourth-order valence-corrected chi connectivity index (χ4v) is 6.83. The average molecular weight is 630 g/mol. The minimum absolute atomic E-state index is 0.153. The third kappa shape index (κ3) is 5.24. The molecule has 4 rings (SSSR count). The molecule has 3 aliphatic carbocycles. The number of carbonyl (C=O) groups excluding carboxylic acids is 5. The molecule has 1 aromatic rings. The van der Waals surface area contributed by atoms with Gasteiger partial charge in [0.25, 0.3) is 5.91 Å². The molecule has 3 amide bonds. The molecule has 0 heterocycles. The highest BCUT2D eigenvalue weighted by Gasteiger charge is 2.68. The van der Waals surface area contributed by atoms with E-state index < -0.39 is 106 Å². The van der Waals surface area contributed by atoms with E-state index in [0.29, 0.717) is 6.42 Å². The molecule has 11 N–H and O–H groups in total. The summed E-state index contributed by atoms with van der Waals surface area (Å²) in [6.07, 6.45) is -1.33. The van der Waals surface area contributed by atoms with Crippen molar-refractivity contribution < 1.29 is 49.5 Å². The first-order valence-corrected chi connectivity index (χ1v) is 14.4. The van der Waals surface area contributed by atoms with Gasteiger partial charge in [-0.05, 0) is 44.0 Å². The summed E-state index contributed by atoms with van der Waals surface area (Å²) >= 11 is 0. The van der Waals surface area contributed by atoms with E-state index in [2.05, 4.69) is 10.6 Å². The second-order valence-electron chi connectivity index (χ2n) is 12.5. The van der Waals surface area contributed by atoms with Crippen molar-refractivity contribution in [2.45, 2.75) is 56.9 Å². The Labute approximate surface area is 258 Å². The first-order chi connectivity index (χ1) is 20.9. The number of aliphatic hydroxyl groups excluding tert-OH is 3. The molecule has 0 aromatic heterocycles. The lowest BCUT2D eigenvalue weighted by atomic mass is 9.54. The Hall–Kier alpha value is -4.31. The largest absolute Gasteiger partial charge is 0.508 e. The van der Waals surface area contributed by atoms with E-state index in [1.807, 2.05) is 13.8 Å². The molecule has 0 radical (unpaired) electrons. The van der Waals surface area contributed by atoms with Crippen LogP contribution in [-0.2, 0) is 24.0 Å². The number of phenolic OH excluding ortho intramolecular Hbond substituents is 1. The third-order valence-corrected chi connectivity index (χ3v) is 8.89. The minimum atomic E-state index is -3.04. The lowest BCUT2D eigenvalue weighted by Crippen LogP contribution is -2.70. The van der Waals surface area contributed by atoms with Gasteiger partial charge in [-0.2, -0.15) is 0 Å². The molecule has 45 heavy (non-hydrogen) atoms. The fraction of sp³-hybridized carbons (Fsp3) is 0.500. The number of nitrogens with one attached hydrogen (secondary N) is 2. The predicted molar refractivity (Wildman–Crippen MR) is 159 cm³/mol. The Kier molecular flexibility index (Phi) is 8.87. The molecule has 15 heteroatoms. The highest BCUT2D eigenvalue weighted by atomic mass is 16.4. The van der Waals surface area contributed by atoms with Crippen LogP contribution in [0.4, 0.5) is 5.69 Å². The quantitative estimate of drug-likeness (QED) is 0.123. The van der Waals surface area contributed by atoms with Crippen LogP contribution >= 0.6 is 0 Å². The maximum Gasteiger partial charge on any atom is 0.255 e. The number of benzene rings is 1. The number of nitrogens with zero attached hydrogens (tertiary/aromatic N) is 1. The Morgan fingerprint density at radius 2 is 1.73 bits per heavy atom. The van der Waals surface area contributed by atoms with Crippen LogP contribution in [-0.4, -0.2) is 104 Å². The van der Waals surface area contributed by atoms with Gasteiger partial charge in [0, 0.05) is 11.5 Å². The zero-order chi connectivity index (χ0) is 33.9. The van der Waals surface area contributed by atoms with Crippen LogP contribution < -0.4 is 22.1 Å². The molecule has 1 fully saturated rings. The summed E-state index contributed by atoms with van der Waals surface area (Å²) in [6.45, 7) is 4.89. The van der Waals surface area contributed by atoms with Gasteiger partial charge in [-0.1, -0.05) is 26.8 Å².